The number of piperazine rings is 1. The molecule has 8 nitrogen and oxygen atoms in total. The van der Waals surface area contributed by atoms with Gasteiger partial charge < -0.3 is 19.7 Å². The van der Waals surface area contributed by atoms with Gasteiger partial charge in [-0.25, -0.2) is 0 Å². The maximum absolute atomic E-state index is 12.8. The second-order valence-electron chi connectivity index (χ2n) is 8.95. The van der Waals surface area contributed by atoms with Gasteiger partial charge in [-0.3, -0.25) is 9.59 Å². The lowest BCUT2D eigenvalue weighted by Gasteiger charge is -2.36. The summed E-state index contributed by atoms with van der Waals surface area (Å²) in [7, 11) is 1.88. The Morgan fingerprint density at radius 3 is 2.20 bits per heavy atom. The van der Waals surface area contributed by atoms with Crippen LogP contribution in [0.15, 0.2) is 65.8 Å². The fourth-order valence-electron chi connectivity index (χ4n) is 4.14. The molecule has 1 N–H and O–H groups in total. The molecule has 2 amide bonds. The predicted octanol–water partition coefficient (Wildman–Crippen LogP) is 3.38. The van der Waals surface area contributed by atoms with Crippen LogP contribution in [0.1, 0.15) is 36.1 Å². The average molecular weight is 493 g/mol. The van der Waals surface area contributed by atoms with E-state index in [0.717, 1.165) is 13.1 Å². The number of nitrogens with zero attached hydrogens (tertiary/aromatic N) is 5. The third kappa shape index (κ3) is 6.03. The highest BCUT2D eigenvalue weighted by molar-refractivity contribution is 7.99. The van der Waals surface area contributed by atoms with Gasteiger partial charge in [0.15, 0.2) is 11.0 Å². The minimum absolute atomic E-state index is 0.102. The predicted molar refractivity (Wildman–Crippen MR) is 138 cm³/mol. The average Bonchev–Trinajstić information content (AvgIpc) is 3.26. The molecule has 9 heteroatoms. The summed E-state index contributed by atoms with van der Waals surface area (Å²) in [6, 6.07) is 19.1. The molecule has 2 aromatic carbocycles. The maximum Gasteiger partial charge on any atom is 0.251 e. The molecule has 184 valence electrons. The number of amides is 2. The lowest BCUT2D eigenvalue weighted by Crippen LogP contribution is -2.49. The van der Waals surface area contributed by atoms with Crippen molar-refractivity contribution in [3.8, 4) is 0 Å². The molecule has 0 spiro atoms. The van der Waals surface area contributed by atoms with E-state index in [2.05, 4.69) is 32.5 Å². The third-order valence-electron chi connectivity index (χ3n) is 6.21. The van der Waals surface area contributed by atoms with Crippen molar-refractivity contribution in [3.63, 3.8) is 0 Å². The molecule has 1 fully saturated rings. The minimum atomic E-state index is -0.295. The molecule has 0 aliphatic carbocycles. The molecule has 4 rings (SSSR count). The largest absolute Gasteiger partial charge is 0.368 e. The molecule has 1 aliphatic rings. The van der Waals surface area contributed by atoms with E-state index < -0.39 is 0 Å². The number of anilines is 1. The molecule has 2 heterocycles. The fraction of sp³-hybridized carbons (Fsp3) is 0.385. The fourth-order valence-corrected chi connectivity index (χ4v) is 4.96. The van der Waals surface area contributed by atoms with Crippen LogP contribution in [0.3, 0.4) is 0 Å². The Morgan fingerprint density at radius 2 is 1.57 bits per heavy atom. The Bertz CT molecular complexity index is 1130. The van der Waals surface area contributed by atoms with Gasteiger partial charge in [0.1, 0.15) is 0 Å². The number of carbonyl (C=O) groups is 2. The first-order valence-electron chi connectivity index (χ1n) is 11.9. The molecule has 0 radical (unpaired) electrons. The molecule has 0 saturated carbocycles. The van der Waals surface area contributed by atoms with Crippen molar-refractivity contribution in [2.24, 2.45) is 13.0 Å². The first kappa shape index (κ1) is 24.8. The van der Waals surface area contributed by atoms with E-state index in [0.29, 0.717) is 35.4 Å². The van der Waals surface area contributed by atoms with Gasteiger partial charge in [0.25, 0.3) is 5.91 Å². The van der Waals surface area contributed by atoms with Crippen LogP contribution in [-0.2, 0) is 11.8 Å². The van der Waals surface area contributed by atoms with Crippen molar-refractivity contribution in [1.29, 1.82) is 0 Å². The molecule has 0 unspecified atom stereocenters. The minimum Gasteiger partial charge on any atom is -0.368 e. The summed E-state index contributed by atoms with van der Waals surface area (Å²) in [4.78, 5) is 29.8. The third-order valence-corrected chi connectivity index (χ3v) is 7.22. The second kappa shape index (κ2) is 11.4. The highest BCUT2D eigenvalue weighted by Gasteiger charge is 2.26. The second-order valence-corrected chi connectivity index (χ2v) is 9.90. The summed E-state index contributed by atoms with van der Waals surface area (Å²) >= 11 is 1.38. The molecule has 3 aromatic rings. The molecular weight excluding hydrogens is 460 g/mol. The molecule has 1 aromatic heterocycles. The zero-order valence-corrected chi connectivity index (χ0v) is 21.2. The molecular formula is C26H32N6O2S. The van der Waals surface area contributed by atoms with Gasteiger partial charge in [-0.05, 0) is 30.2 Å². The van der Waals surface area contributed by atoms with E-state index in [9.17, 15) is 9.59 Å². The van der Waals surface area contributed by atoms with Gasteiger partial charge >= 0.3 is 0 Å². The highest BCUT2D eigenvalue weighted by atomic mass is 32.2. The summed E-state index contributed by atoms with van der Waals surface area (Å²) in [6.07, 6.45) is 0. The lowest BCUT2D eigenvalue weighted by molar-refractivity contribution is -0.128. The number of rotatable bonds is 8. The van der Waals surface area contributed by atoms with Gasteiger partial charge in [0, 0.05) is 44.5 Å². The SMILES string of the molecule is CC(C)[C@H](NC(=O)c1ccccc1)c1nnc(SCC(=O)N2CCN(c3ccccc3)CC2)n1C. The Hall–Kier alpha value is -3.33. The van der Waals surface area contributed by atoms with Gasteiger partial charge in [-0.2, -0.15) is 0 Å². The number of hydrogen-bond donors (Lipinski definition) is 1. The van der Waals surface area contributed by atoms with Crippen LogP contribution in [-0.4, -0.2) is 63.4 Å². The van der Waals surface area contributed by atoms with Crippen LogP contribution < -0.4 is 10.2 Å². The van der Waals surface area contributed by atoms with Crippen LogP contribution in [0.25, 0.3) is 0 Å². The van der Waals surface area contributed by atoms with Crippen LogP contribution in [0.5, 0.6) is 0 Å². The highest BCUT2D eigenvalue weighted by Crippen LogP contribution is 2.25. The number of thioether (sulfide) groups is 1. The number of nitrogens with one attached hydrogen (secondary N) is 1. The molecule has 0 bridgehead atoms. The summed E-state index contributed by atoms with van der Waals surface area (Å²) in [5, 5.41) is 12.4. The van der Waals surface area contributed by atoms with Crippen LogP contribution in [0, 0.1) is 5.92 Å². The van der Waals surface area contributed by atoms with Gasteiger partial charge in [-0.15, -0.1) is 10.2 Å². The van der Waals surface area contributed by atoms with Gasteiger partial charge in [0.05, 0.1) is 11.8 Å². The lowest BCUT2D eigenvalue weighted by atomic mass is 10.0. The van der Waals surface area contributed by atoms with E-state index in [4.69, 9.17) is 0 Å². The van der Waals surface area contributed by atoms with Crippen molar-refractivity contribution < 1.29 is 9.59 Å². The zero-order chi connectivity index (χ0) is 24.8. The normalized spacial score (nSPS) is 14.7. The monoisotopic (exact) mass is 492 g/mol. The summed E-state index contributed by atoms with van der Waals surface area (Å²) < 4.78 is 1.88. The van der Waals surface area contributed by atoms with Gasteiger partial charge in [0.2, 0.25) is 5.91 Å². The first-order valence-corrected chi connectivity index (χ1v) is 12.9. The number of hydrogen-bond acceptors (Lipinski definition) is 6. The summed E-state index contributed by atoms with van der Waals surface area (Å²) in [6.45, 7) is 7.14. The quantitative estimate of drug-likeness (QED) is 0.486. The van der Waals surface area contributed by atoms with Crippen molar-refractivity contribution in [3.05, 3.63) is 72.1 Å². The van der Waals surface area contributed by atoms with Crippen LogP contribution in [0.4, 0.5) is 5.69 Å². The molecule has 1 aliphatic heterocycles. The number of para-hydroxylation sites is 1. The zero-order valence-electron chi connectivity index (χ0n) is 20.4. The van der Waals surface area contributed by atoms with E-state index in [1.165, 1.54) is 17.4 Å². The standard InChI is InChI=1S/C26H32N6O2S/c1-19(2)23(27-25(34)20-10-6-4-7-11-20)24-28-29-26(30(24)3)35-18-22(33)32-16-14-31(15-17-32)21-12-8-5-9-13-21/h4-13,19,23H,14-18H2,1-3H3,(H,27,34)/t23-/m0/s1. The Balaban J connectivity index is 1.33. The number of benzene rings is 2. The van der Waals surface area contributed by atoms with Crippen molar-refractivity contribution >= 4 is 29.3 Å². The Kier molecular flexibility index (Phi) is 8.07. The number of aromatic nitrogens is 3. The van der Waals surface area contributed by atoms with Gasteiger partial charge in [-0.1, -0.05) is 62.0 Å². The topological polar surface area (TPSA) is 83.4 Å². The van der Waals surface area contributed by atoms with Crippen LogP contribution >= 0.6 is 11.8 Å². The first-order chi connectivity index (χ1) is 16.9. The Morgan fingerprint density at radius 1 is 0.943 bits per heavy atom. The van der Waals surface area contributed by atoms with Crippen molar-refractivity contribution in [2.75, 3.05) is 36.8 Å². The van der Waals surface area contributed by atoms with E-state index in [1.807, 2.05) is 66.8 Å². The number of carbonyl (C=O) groups excluding carboxylic acids is 2. The molecule has 35 heavy (non-hydrogen) atoms. The van der Waals surface area contributed by atoms with E-state index in [-0.39, 0.29) is 23.8 Å². The molecule has 1 atom stereocenters. The Labute approximate surface area is 210 Å². The summed E-state index contributed by atoms with van der Waals surface area (Å²) in [5.74, 6) is 1.05. The van der Waals surface area contributed by atoms with E-state index in [1.54, 1.807) is 12.1 Å². The van der Waals surface area contributed by atoms with Crippen molar-refractivity contribution in [2.45, 2.75) is 25.0 Å². The maximum atomic E-state index is 12.8. The van der Waals surface area contributed by atoms with Crippen LogP contribution in [0.2, 0.25) is 0 Å². The van der Waals surface area contributed by atoms with E-state index >= 15 is 0 Å². The summed E-state index contributed by atoms with van der Waals surface area (Å²) in [5.41, 5.74) is 1.80. The molecule has 1 saturated heterocycles. The smallest absolute Gasteiger partial charge is 0.251 e. The van der Waals surface area contributed by atoms with Crippen molar-refractivity contribution in [1.82, 2.24) is 25.0 Å².